The zero-order valence-electron chi connectivity index (χ0n) is 22.7. The van der Waals surface area contributed by atoms with Crippen LogP contribution in [-0.2, 0) is 6.54 Å². The molecule has 1 atom stereocenters. The Hall–Kier alpha value is -3.47. The maximum atomic E-state index is 12.4. The van der Waals surface area contributed by atoms with E-state index in [-0.39, 0.29) is 11.2 Å². The third kappa shape index (κ3) is 7.56. The predicted molar refractivity (Wildman–Crippen MR) is 150 cm³/mol. The first kappa shape index (κ1) is 28.5. The maximum absolute atomic E-state index is 12.4. The highest BCUT2D eigenvalue weighted by Crippen LogP contribution is 2.37. The highest BCUT2D eigenvalue weighted by atomic mass is 32.1. The molecule has 0 saturated carbocycles. The van der Waals surface area contributed by atoms with Gasteiger partial charge in [0.25, 0.3) is 0 Å². The fourth-order valence-electron chi connectivity index (χ4n) is 4.53. The van der Waals surface area contributed by atoms with Crippen molar-refractivity contribution in [3.05, 3.63) is 54.0 Å². The Morgan fingerprint density at radius 3 is 2.38 bits per heavy atom. The van der Waals surface area contributed by atoms with Gasteiger partial charge < -0.3 is 15.4 Å². The van der Waals surface area contributed by atoms with Gasteiger partial charge in [0, 0.05) is 19.3 Å². The highest BCUT2D eigenvalue weighted by Gasteiger charge is 2.31. The van der Waals surface area contributed by atoms with Crippen molar-refractivity contribution < 1.29 is 17.9 Å². The molecule has 0 amide bonds. The second-order valence-corrected chi connectivity index (χ2v) is 11.5. The van der Waals surface area contributed by atoms with Gasteiger partial charge in [0.15, 0.2) is 0 Å². The van der Waals surface area contributed by atoms with Crippen LogP contribution in [0.4, 0.5) is 24.9 Å². The molecule has 1 unspecified atom stereocenters. The molecule has 1 aromatic carbocycles. The van der Waals surface area contributed by atoms with Gasteiger partial charge >= 0.3 is 6.36 Å². The molecule has 3 heterocycles. The van der Waals surface area contributed by atoms with Crippen LogP contribution in [0.5, 0.6) is 5.75 Å². The molecule has 3 aromatic heterocycles. The molecule has 2 N–H and O–H groups in total. The monoisotopic (exact) mass is 558 g/mol. The maximum Gasteiger partial charge on any atom is 0.573 e. The van der Waals surface area contributed by atoms with Gasteiger partial charge in [-0.2, -0.15) is 4.98 Å². The second kappa shape index (κ2) is 11.7. The van der Waals surface area contributed by atoms with E-state index in [0.29, 0.717) is 24.2 Å². The van der Waals surface area contributed by atoms with E-state index in [1.54, 1.807) is 35.9 Å². The van der Waals surface area contributed by atoms with Gasteiger partial charge in [0.1, 0.15) is 22.1 Å². The Balaban J connectivity index is 1.57. The number of ether oxygens (including phenoxy) is 1. The summed E-state index contributed by atoms with van der Waals surface area (Å²) in [5.74, 6) is 1.39. The molecule has 4 rings (SSSR count). The first-order chi connectivity index (χ1) is 18.4. The zero-order valence-corrected chi connectivity index (χ0v) is 23.5. The SMILES string of the molecule is CCC(CCNc1nc(NCc2ccc(OC(F)(F)F)cc2)nc(C)c1-c1nc2cnccc2s1)C(C)(C)C. The third-order valence-corrected chi connectivity index (χ3v) is 7.66. The number of pyridine rings is 1. The van der Waals surface area contributed by atoms with Crippen LogP contribution in [0.15, 0.2) is 42.7 Å². The average molecular weight is 559 g/mol. The molecule has 0 fully saturated rings. The van der Waals surface area contributed by atoms with Gasteiger partial charge in [0.05, 0.1) is 22.2 Å². The minimum absolute atomic E-state index is 0.203. The van der Waals surface area contributed by atoms with Crippen LogP contribution >= 0.6 is 11.3 Å². The van der Waals surface area contributed by atoms with Gasteiger partial charge in [-0.15, -0.1) is 24.5 Å². The van der Waals surface area contributed by atoms with Crippen molar-refractivity contribution in [1.29, 1.82) is 0 Å². The van der Waals surface area contributed by atoms with Gasteiger partial charge in [-0.25, -0.2) is 9.97 Å². The molecule has 0 aliphatic heterocycles. The number of alkyl halides is 3. The number of benzene rings is 1. The fraction of sp³-hybridized carbons (Fsp3) is 0.429. The summed E-state index contributed by atoms with van der Waals surface area (Å²) >= 11 is 1.56. The Labute approximate surface area is 230 Å². The predicted octanol–water partition coefficient (Wildman–Crippen LogP) is 7.84. The molecule has 39 heavy (non-hydrogen) atoms. The smallest absolute Gasteiger partial charge is 0.406 e. The minimum Gasteiger partial charge on any atom is -0.406 e. The molecule has 0 saturated heterocycles. The first-order valence-corrected chi connectivity index (χ1v) is 13.7. The van der Waals surface area contributed by atoms with Crippen LogP contribution in [0.2, 0.25) is 0 Å². The van der Waals surface area contributed by atoms with Crippen LogP contribution in [0, 0.1) is 18.3 Å². The lowest BCUT2D eigenvalue weighted by atomic mass is 9.77. The van der Waals surface area contributed by atoms with E-state index in [9.17, 15) is 13.2 Å². The van der Waals surface area contributed by atoms with Crippen molar-refractivity contribution in [3.63, 3.8) is 0 Å². The number of anilines is 2. The lowest BCUT2D eigenvalue weighted by Gasteiger charge is -2.30. The van der Waals surface area contributed by atoms with Crippen molar-refractivity contribution in [3.8, 4) is 16.3 Å². The topological polar surface area (TPSA) is 84.9 Å². The quantitative estimate of drug-likeness (QED) is 0.205. The minimum atomic E-state index is -4.72. The van der Waals surface area contributed by atoms with Crippen molar-refractivity contribution in [2.75, 3.05) is 17.2 Å². The summed E-state index contributed by atoms with van der Waals surface area (Å²) < 4.78 is 42.3. The summed E-state index contributed by atoms with van der Waals surface area (Å²) in [6.45, 7) is 12.0. The molecule has 4 aromatic rings. The van der Waals surface area contributed by atoms with E-state index < -0.39 is 6.36 Å². The van der Waals surface area contributed by atoms with E-state index in [1.807, 2.05) is 13.0 Å². The summed E-state index contributed by atoms with van der Waals surface area (Å²) in [6, 6.07) is 7.65. The molecule has 0 aliphatic rings. The first-order valence-electron chi connectivity index (χ1n) is 12.8. The van der Waals surface area contributed by atoms with Crippen molar-refractivity contribution >= 4 is 33.3 Å². The van der Waals surface area contributed by atoms with Gasteiger partial charge in [0.2, 0.25) is 5.95 Å². The summed E-state index contributed by atoms with van der Waals surface area (Å²) in [6.07, 6.45) is 0.848. The second-order valence-electron chi connectivity index (χ2n) is 10.5. The van der Waals surface area contributed by atoms with Crippen LogP contribution in [-0.4, -0.2) is 32.8 Å². The summed E-state index contributed by atoms with van der Waals surface area (Å²) in [5.41, 5.74) is 3.40. The van der Waals surface area contributed by atoms with E-state index in [1.165, 1.54) is 12.1 Å². The molecule has 0 radical (unpaired) electrons. The van der Waals surface area contributed by atoms with Crippen LogP contribution in [0.3, 0.4) is 0 Å². The Kier molecular flexibility index (Phi) is 8.58. The number of aromatic nitrogens is 4. The number of nitrogens with zero attached hydrogens (tertiary/aromatic N) is 4. The number of aryl methyl sites for hydroxylation is 1. The molecule has 7 nitrogen and oxygen atoms in total. The number of rotatable bonds is 10. The Bertz CT molecular complexity index is 1370. The van der Waals surface area contributed by atoms with Crippen LogP contribution in [0.25, 0.3) is 20.8 Å². The van der Waals surface area contributed by atoms with Gasteiger partial charge in [-0.3, -0.25) is 4.98 Å². The zero-order chi connectivity index (χ0) is 28.2. The molecule has 0 aliphatic carbocycles. The number of thiazole rings is 1. The lowest BCUT2D eigenvalue weighted by Crippen LogP contribution is -2.23. The van der Waals surface area contributed by atoms with Crippen molar-refractivity contribution in [2.45, 2.75) is 60.4 Å². The van der Waals surface area contributed by atoms with Gasteiger partial charge in [-0.1, -0.05) is 46.2 Å². The summed E-state index contributed by atoms with van der Waals surface area (Å²) in [5, 5.41) is 7.55. The van der Waals surface area contributed by atoms with E-state index in [2.05, 4.69) is 53.0 Å². The average Bonchev–Trinajstić information content (AvgIpc) is 3.28. The number of nitrogens with one attached hydrogen (secondary N) is 2. The molecular weight excluding hydrogens is 525 g/mol. The number of halogens is 3. The molecular formula is C28H33F3N6OS. The highest BCUT2D eigenvalue weighted by molar-refractivity contribution is 7.21. The molecule has 11 heteroatoms. The normalized spacial score (nSPS) is 12.9. The fourth-order valence-corrected chi connectivity index (χ4v) is 5.56. The third-order valence-electron chi connectivity index (χ3n) is 6.60. The summed E-state index contributed by atoms with van der Waals surface area (Å²) in [7, 11) is 0. The number of hydrogen-bond donors (Lipinski definition) is 2. The largest absolute Gasteiger partial charge is 0.573 e. The number of hydrogen-bond acceptors (Lipinski definition) is 8. The lowest BCUT2D eigenvalue weighted by molar-refractivity contribution is -0.274. The van der Waals surface area contributed by atoms with Crippen LogP contribution < -0.4 is 15.4 Å². The van der Waals surface area contributed by atoms with Crippen molar-refractivity contribution in [2.24, 2.45) is 11.3 Å². The van der Waals surface area contributed by atoms with E-state index in [4.69, 9.17) is 9.97 Å². The molecule has 0 bridgehead atoms. The van der Waals surface area contributed by atoms with Crippen molar-refractivity contribution in [1.82, 2.24) is 19.9 Å². The Morgan fingerprint density at radius 1 is 1.00 bits per heavy atom. The van der Waals surface area contributed by atoms with Crippen LogP contribution in [0.1, 0.15) is 51.8 Å². The molecule has 0 spiro atoms. The van der Waals surface area contributed by atoms with Gasteiger partial charge in [-0.05, 0) is 48.4 Å². The van der Waals surface area contributed by atoms with E-state index in [0.717, 1.165) is 51.4 Å². The number of fused-ring (bicyclic) bond motifs is 1. The Morgan fingerprint density at radius 2 is 1.74 bits per heavy atom. The standard InChI is InChI=1S/C28H33F3N6OS/c1-6-19(27(3,4)5)11-14-33-24-23(25-36-21-16-32-13-12-22(21)39-25)17(2)35-26(37-24)34-15-18-7-9-20(10-8-18)38-28(29,30)31/h7-10,12-13,16,19H,6,11,14-15H2,1-5H3,(H2,33,34,35,37). The summed E-state index contributed by atoms with van der Waals surface area (Å²) in [4.78, 5) is 18.4. The van der Waals surface area contributed by atoms with E-state index >= 15 is 0 Å². The molecule has 208 valence electrons.